The topological polar surface area (TPSA) is 0 Å². The van der Waals surface area contributed by atoms with Crippen molar-refractivity contribution in [2.75, 3.05) is 0 Å². The summed E-state index contributed by atoms with van der Waals surface area (Å²) < 4.78 is 40.4. The van der Waals surface area contributed by atoms with E-state index < -0.39 is 22.8 Å². The Bertz CT molecular complexity index is 578. The van der Waals surface area contributed by atoms with E-state index in [-0.39, 0.29) is 5.56 Å². The summed E-state index contributed by atoms with van der Waals surface area (Å²) in [4.78, 5) is 1.66. The molecular formula is C12H7BrClF3S. The molecular weight excluding hydrogens is 349 g/mol. The van der Waals surface area contributed by atoms with Crippen molar-refractivity contribution in [2.24, 2.45) is 0 Å². The van der Waals surface area contributed by atoms with Gasteiger partial charge in [-0.3, -0.25) is 0 Å². The minimum atomic E-state index is -1.49. The number of halogens is 5. The summed E-state index contributed by atoms with van der Waals surface area (Å²) in [5, 5.41) is -0.838. The largest absolute Gasteiger partial charge is 0.204 e. The molecule has 1 unspecified atom stereocenters. The predicted molar refractivity (Wildman–Crippen MR) is 70.8 cm³/mol. The molecule has 0 spiro atoms. The van der Waals surface area contributed by atoms with Gasteiger partial charge >= 0.3 is 0 Å². The quantitative estimate of drug-likeness (QED) is 0.488. The van der Waals surface area contributed by atoms with Gasteiger partial charge in [0.25, 0.3) is 0 Å². The lowest BCUT2D eigenvalue weighted by Crippen LogP contribution is -2.00. The fraction of sp³-hybridized carbons (Fsp3) is 0.167. The summed E-state index contributed by atoms with van der Waals surface area (Å²) >= 11 is 10.8. The average molecular weight is 356 g/mol. The number of hydrogen-bond acceptors (Lipinski definition) is 1. The van der Waals surface area contributed by atoms with Crippen molar-refractivity contribution in [3.63, 3.8) is 0 Å². The molecule has 1 heterocycles. The lowest BCUT2D eigenvalue weighted by molar-refractivity contribution is 0.441. The van der Waals surface area contributed by atoms with Crippen LogP contribution in [0, 0.1) is 24.4 Å². The molecule has 1 atom stereocenters. The molecule has 2 rings (SSSR count). The van der Waals surface area contributed by atoms with Crippen molar-refractivity contribution in [1.82, 2.24) is 0 Å². The monoisotopic (exact) mass is 354 g/mol. The zero-order valence-electron chi connectivity index (χ0n) is 9.11. The summed E-state index contributed by atoms with van der Waals surface area (Å²) in [5.74, 6) is -3.95. The highest BCUT2D eigenvalue weighted by molar-refractivity contribution is 9.10. The lowest BCUT2D eigenvalue weighted by Gasteiger charge is -2.09. The molecule has 1 aromatic carbocycles. The number of benzene rings is 1. The molecule has 0 radical (unpaired) electrons. The van der Waals surface area contributed by atoms with Crippen LogP contribution in [0.15, 0.2) is 22.7 Å². The molecule has 0 saturated carbocycles. The van der Waals surface area contributed by atoms with E-state index in [4.69, 9.17) is 11.6 Å². The molecule has 6 heteroatoms. The van der Waals surface area contributed by atoms with E-state index in [1.54, 1.807) is 6.07 Å². The maximum absolute atomic E-state index is 13.6. The van der Waals surface area contributed by atoms with Gasteiger partial charge in [-0.15, -0.1) is 22.9 Å². The molecule has 0 N–H and O–H groups in total. The van der Waals surface area contributed by atoms with Crippen LogP contribution >= 0.6 is 38.9 Å². The van der Waals surface area contributed by atoms with Gasteiger partial charge in [0.2, 0.25) is 0 Å². The van der Waals surface area contributed by atoms with Crippen molar-refractivity contribution < 1.29 is 13.2 Å². The molecule has 0 bridgehead atoms. The molecule has 0 fully saturated rings. The Labute approximate surface area is 120 Å². The standard InChI is InChI=1S/C12H7BrClF3S/c1-5-7(13)4-9(18-5)10(14)6-2-3-8(15)12(17)11(6)16/h2-4,10H,1H3. The zero-order valence-corrected chi connectivity index (χ0v) is 12.3. The van der Waals surface area contributed by atoms with Gasteiger partial charge in [-0.1, -0.05) is 6.07 Å². The number of thiophene rings is 1. The van der Waals surface area contributed by atoms with Crippen LogP contribution in [0.5, 0.6) is 0 Å². The summed E-state index contributed by atoms with van der Waals surface area (Å²) in [5.41, 5.74) is -0.0654. The third kappa shape index (κ3) is 2.44. The van der Waals surface area contributed by atoms with E-state index in [9.17, 15) is 13.2 Å². The minimum Gasteiger partial charge on any atom is -0.204 e. The highest BCUT2D eigenvalue weighted by atomic mass is 79.9. The van der Waals surface area contributed by atoms with Gasteiger partial charge in [-0.25, -0.2) is 13.2 Å². The summed E-state index contributed by atoms with van der Waals surface area (Å²) in [6.45, 7) is 1.88. The molecule has 1 aromatic heterocycles. The first-order chi connectivity index (χ1) is 8.41. The van der Waals surface area contributed by atoms with Crippen LogP contribution in [-0.4, -0.2) is 0 Å². The van der Waals surface area contributed by atoms with Crippen LogP contribution in [0.3, 0.4) is 0 Å². The fourth-order valence-electron chi connectivity index (χ4n) is 1.50. The first-order valence-corrected chi connectivity index (χ1v) is 6.99. The summed E-state index contributed by atoms with van der Waals surface area (Å²) in [6.07, 6.45) is 0. The average Bonchev–Trinajstić information content (AvgIpc) is 2.66. The lowest BCUT2D eigenvalue weighted by atomic mass is 10.1. The van der Waals surface area contributed by atoms with Crippen molar-refractivity contribution in [3.05, 3.63) is 55.4 Å². The first kappa shape index (κ1) is 13.9. The van der Waals surface area contributed by atoms with Crippen LogP contribution in [0.4, 0.5) is 13.2 Å². The number of alkyl halides is 1. The molecule has 0 aliphatic carbocycles. The van der Waals surface area contributed by atoms with Crippen LogP contribution < -0.4 is 0 Å². The van der Waals surface area contributed by atoms with Crippen molar-refractivity contribution in [3.8, 4) is 0 Å². The maximum atomic E-state index is 13.6. The van der Waals surface area contributed by atoms with E-state index in [1.165, 1.54) is 11.3 Å². The van der Waals surface area contributed by atoms with Gasteiger partial charge in [0.1, 0.15) is 0 Å². The smallest absolute Gasteiger partial charge is 0.194 e. The zero-order chi connectivity index (χ0) is 13.4. The highest BCUT2D eigenvalue weighted by Crippen LogP contribution is 2.38. The van der Waals surface area contributed by atoms with E-state index in [0.717, 1.165) is 21.5 Å². The second kappa shape index (κ2) is 5.23. The van der Waals surface area contributed by atoms with Crippen molar-refractivity contribution in [2.45, 2.75) is 12.3 Å². The summed E-state index contributed by atoms with van der Waals surface area (Å²) in [7, 11) is 0. The Balaban J connectivity index is 2.46. The summed E-state index contributed by atoms with van der Waals surface area (Å²) in [6, 6.07) is 3.78. The number of aryl methyl sites for hydroxylation is 1. The van der Waals surface area contributed by atoms with Gasteiger partial charge in [0.05, 0.1) is 5.38 Å². The second-order valence-electron chi connectivity index (χ2n) is 3.68. The van der Waals surface area contributed by atoms with Gasteiger partial charge in [-0.05, 0) is 35.0 Å². The Kier molecular flexibility index (Phi) is 4.04. The second-order valence-corrected chi connectivity index (χ2v) is 6.26. The van der Waals surface area contributed by atoms with Gasteiger partial charge in [0, 0.05) is 19.8 Å². The molecule has 2 aromatic rings. The number of rotatable bonds is 2. The van der Waals surface area contributed by atoms with E-state index in [1.807, 2.05) is 6.92 Å². The van der Waals surface area contributed by atoms with Crippen molar-refractivity contribution in [1.29, 1.82) is 0 Å². The Hall–Kier alpha value is -0.520. The van der Waals surface area contributed by atoms with E-state index >= 15 is 0 Å². The number of hydrogen-bond donors (Lipinski definition) is 0. The van der Waals surface area contributed by atoms with Crippen LogP contribution in [0.1, 0.15) is 20.7 Å². The van der Waals surface area contributed by atoms with Gasteiger partial charge < -0.3 is 0 Å². The van der Waals surface area contributed by atoms with Crippen LogP contribution in [0.2, 0.25) is 0 Å². The third-order valence-electron chi connectivity index (χ3n) is 2.46. The molecule has 0 saturated heterocycles. The molecule has 18 heavy (non-hydrogen) atoms. The van der Waals surface area contributed by atoms with E-state index in [2.05, 4.69) is 15.9 Å². The third-order valence-corrected chi connectivity index (χ3v) is 5.27. The predicted octanol–water partition coefficient (Wildman–Crippen LogP) is 5.56. The SMILES string of the molecule is Cc1sc(C(Cl)c2ccc(F)c(F)c2F)cc1Br. The van der Waals surface area contributed by atoms with E-state index in [0.29, 0.717) is 4.88 Å². The molecule has 0 aliphatic rings. The van der Waals surface area contributed by atoms with Crippen molar-refractivity contribution >= 4 is 38.9 Å². The first-order valence-electron chi connectivity index (χ1n) is 4.95. The Morgan fingerprint density at radius 2 is 1.89 bits per heavy atom. The molecule has 0 aliphatic heterocycles. The normalized spacial score (nSPS) is 12.8. The van der Waals surface area contributed by atoms with Gasteiger partial charge in [0.15, 0.2) is 17.5 Å². The molecule has 96 valence electrons. The van der Waals surface area contributed by atoms with Gasteiger partial charge in [-0.2, -0.15) is 0 Å². The molecule has 0 amide bonds. The van der Waals surface area contributed by atoms with Crippen LogP contribution in [0.25, 0.3) is 0 Å². The minimum absolute atomic E-state index is 0.0654. The maximum Gasteiger partial charge on any atom is 0.194 e. The Morgan fingerprint density at radius 3 is 2.44 bits per heavy atom. The highest BCUT2D eigenvalue weighted by Gasteiger charge is 2.22. The van der Waals surface area contributed by atoms with Crippen LogP contribution in [-0.2, 0) is 0 Å². The Morgan fingerprint density at radius 1 is 1.22 bits per heavy atom. The fourth-order valence-corrected chi connectivity index (χ4v) is 3.42. The molecule has 0 nitrogen and oxygen atoms in total.